The van der Waals surface area contributed by atoms with E-state index in [1.807, 2.05) is 32.9 Å². The van der Waals surface area contributed by atoms with Gasteiger partial charge in [0.05, 0.1) is 12.7 Å². The first kappa shape index (κ1) is 26.5. The number of hydrogen-bond acceptors (Lipinski definition) is 5. The molecular formula is C30H37NO4. The topological polar surface area (TPSA) is 56.8 Å². The number of carbonyl (C=O) groups excluding carboxylic acids is 1. The van der Waals surface area contributed by atoms with E-state index in [4.69, 9.17) is 9.47 Å². The SMILES string of the molecule is C=CCOc1ccc(C2CCNCC2OCc2ccc3ccccc3c2)cc1.CC(C)(C)OC=O. The number of piperidine rings is 1. The minimum absolute atomic E-state index is 0.167. The number of fused-ring (bicyclic) bond motifs is 1. The number of rotatable bonds is 8. The Bertz CT molecular complexity index is 1070. The van der Waals surface area contributed by atoms with E-state index < -0.39 is 0 Å². The van der Waals surface area contributed by atoms with Gasteiger partial charge in [0.1, 0.15) is 18.0 Å². The maximum Gasteiger partial charge on any atom is 0.293 e. The van der Waals surface area contributed by atoms with Crippen LogP contribution in [0.5, 0.6) is 5.75 Å². The summed E-state index contributed by atoms with van der Waals surface area (Å²) in [5.74, 6) is 1.28. The molecule has 0 bridgehead atoms. The van der Waals surface area contributed by atoms with Gasteiger partial charge in [0.25, 0.3) is 6.47 Å². The summed E-state index contributed by atoms with van der Waals surface area (Å²) in [6.45, 7) is 12.7. The van der Waals surface area contributed by atoms with Crippen LogP contribution in [-0.2, 0) is 20.9 Å². The van der Waals surface area contributed by atoms with E-state index >= 15 is 0 Å². The molecule has 5 heteroatoms. The van der Waals surface area contributed by atoms with E-state index in [0.717, 1.165) is 25.3 Å². The zero-order valence-electron chi connectivity index (χ0n) is 21.0. The lowest BCUT2D eigenvalue weighted by atomic mass is 9.87. The Labute approximate surface area is 209 Å². The van der Waals surface area contributed by atoms with Crippen LogP contribution in [-0.4, -0.2) is 37.9 Å². The molecule has 1 aliphatic heterocycles. The molecule has 1 aliphatic rings. The third-order valence-electron chi connectivity index (χ3n) is 5.78. The van der Waals surface area contributed by atoms with Crippen LogP contribution in [0.25, 0.3) is 10.8 Å². The van der Waals surface area contributed by atoms with Crippen molar-refractivity contribution in [2.75, 3.05) is 19.7 Å². The smallest absolute Gasteiger partial charge is 0.293 e. The van der Waals surface area contributed by atoms with E-state index in [2.05, 4.69) is 71.2 Å². The van der Waals surface area contributed by atoms with Crippen molar-refractivity contribution in [2.45, 2.75) is 51.4 Å². The second kappa shape index (κ2) is 13.1. The fourth-order valence-electron chi connectivity index (χ4n) is 4.03. The van der Waals surface area contributed by atoms with Crippen molar-refractivity contribution in [3.63, 3.8) is 0 Å². The van der Waals surface area contributed by atoms with Gasteiger partial charge in [-0.25, -0.2) is 0 Å². The molecular weight excluding hydrogens is 438 g/mol. The molecule has 0 saturated carbocycles. The molecule has 3 aromatic carbocycles. The summed E-state index contributed by atoms with van der Waals surface area (Å²) in [7, 11) is 0. The van der Waals surface area contributed by atoms with Crippen molar-refractivity contribution in [2.24, 2.45) is 0 Å². The number of hydrogen-bond donors (Lipinski definition) is 1. The highest BCUT2D eigenvalue weighted by Gasteiger charge is 2.27. The molecule has 0 aliphatic carbocycles. The van der Waals surface area contributed by atoms with Crippen LogP contribution >= 0.6 is 0 Å². The monoisotopic (exact) mass is 475 g/mol. The summed E-state index contributed by atoms with van der Waals surface area (Å²) < 4.78 is 16.5. The fourth-order valence-corrected chi connectivity index (χ4v) is 4.03. The van der Waals surface area contributed by atoms with Crippen LogP contribution in [0, 0.1) is 0 Å². The Morgan fingerprint density at radius 3 is 2.43 bits per heavy atom. The van der Waals surface area contributed by atoms with Crippen LogP contribution in [0.1, 0.15) is 44.2 Å². The molecule has 186 valence electrons. The van der Waals surface area contributed by atoms with Gasteiger partial charge in [0.15, 0.2) is 0 Å². The average Bonchev–Trinajstić information content (AvgIpc) is 2.86. The first-order valence-corrected chi connectivity index (χ1v) is 12.1. The molecule has 0 aromatic heterocycles. The average molecular weight is 476 g/mol. The largest absolute Gasteiger partial charge is 0.490 e. The van der Waals surface area contributed by atoms with E-state index in [-0.39, 0.29) is 11.7 Å². The number of nitrogens with one attached hydrogen (secondary N) is 1. The Morgan fingerprint density at radius 1 is 1.03 bits per heavy atom. The highest BCUT2D eigenvalue weighted by molar-refractivity contribution is 5.82. The van der Waals surface area contributed by atoms with Gasteiger partial charge in [-0.05, 0) is 73.8 Å². The number of benzene rings is 3. The molecule has 5 nitrogen and oxygen atoms in total. The molecule has 35 heavy (non-hydrogen) atoms. The molecule has 0 amide bonds. The molecule has 1 N–H and O–H groups in total. The van der Waals surface area contributed by atoms with Crippen LogP contribution in [0.4, 0.5) is 0 Å². The van der Waals surface area contributed by atoms with Gasteiger partial charge in [-0.3, -0.25) is 4.79 Å². The molecule has 1 saturated heterocycles. The van der Waals surface area contributed by atoms with Gasteiger partial charge in [0.2, 0.25) is 0 Å². The van der Waals surface area contributed by atoms with E-state index in [9.17, 15) is 4.79 Å². The first-order chi connectivity index (χ1) is 16.9. The highest BCUT2D eigenvalue weighted by atomic mass is 16.5. The summed E-state index contributed by atoms with van der Waals surface area (Å²) >= 11 is 0. The maximum atomic E-state index is 9.60. The predicted molar refractivity (Wildman–Crippen MR) is 142 cm³/mol. The quantitative estimate of drug-likeness (QED) is 0.319. The first-order valence-electron chi connectivity index (χ1n) is 12.1. The Balaban J connectivity index is 0.000000429. The Hall–Kier alpha value is -3.15. The standard InChI is InChI=1S/C25H27NO2.C5H10O2/c1-2-15-27-23-11-9-21(10-12-23)24-13-14-26-17-25(24)28-18-19-7-8-20-5-3-4-6-22(20)16-19;1-5(2,3)7-4-6/h2-12,16,24-26H,1,13-15,17-18H2;4H,1-3H3. The van der Waals surface area contributed by atoms with Crippen LogP contribution in [0.2, 0.25) is 0 Å². The Morgan fingerprint density at radius 2 is 1.77 bits per heavy atom. The summed E-state index contributed by atoms with van der Waals surface area (Å²) in [4.78, 5) is 9.60. The second-order valence-corrected chi connectivity index (χ2v) is 9.63. The van der Waals surface area contributed by atoms with E-state index in [0.29, 0.717) is 25.6 Å². The van der Waals surface area contributed by atoms with E-state index in [1.165, 1.54) is 21.9 Å². The van der Waals surface area contributed by atoms with Crippen molar-refractivity contribution in [1.82, 2.24) is 5.32 Å². The third kappa shape index (κ3) is 8.53. The number of carbonyl (C=O) groups is 1. The second-order valence-electron chi connectivity index (χ2n) is 9.63. The molecule has 2 atom stereocenters. The third-order valence-corrected chi connectivity index (χ3v) is 5.78. The predicted octanol–water partition coefficient (Wildman–Crippen LogP) is 6.02. The van der Waals surface area contributed by atoms with Gasteiger partial charge >= 0.3 is 0 Å². The minimum Gasteiger partial charge on any atom is -0.490 e. The van der Waals surface area contributed by atoms with Gasteiger partial charge in [-0.2, -0.15) is 0 Å². The molecule has 1 fully saturated rings. The Kier molecular flexibility index (Phi) is 9.88. The molecule has 0 radical (unpaired) electrons. The zero-order chi connectivity index (χ0) is 25.1. The van der Waals surface area contributed by atoms with Crippen molar-refractivity contribution in [1.29, 1.82) is 0 Å². The van der Waals surface area contributed by atoms with Gasteiger partial charge < -0.3 is 19.5 Å². The molecule has 3 aromatic rings. The molecule has 2 unspecified atom stereocenters. The lowest BCUT2D eigenvalue weighted by Gasteiger charge is -2.32. The van der Waals surface area contributed by atoms with Crippen LogP contribution in [0.15, 0.2) is 79.4 Å². The number of ether oxygens (including phenoxy) is 3. The summed E-state index contributed by atoms with van der Waals surface area (Å²) in [5.41, 5.74) is 2.22. The van der Waals surface area contributed by atoms with Crippen molar-refractivity contribution < 1.29 is 19.0 Å². The molecule has 4 rings (SSSR count). The van der Waals surface area contributed by atoms with Gasteiger partial charge in [-0.1, -0.05) is 61.2 Å². The lowest BCUT2D eigenvalue weighted by molar-refractivity contribution is -0.138. The highest BCUT2D eigenvalue weighted by Crippen LogP contribution is 2.30. The zero-order valence-corrected chi connectivity index (χ0v) is 21.0. The van der Waals surface area contributed by atoms with Crippen molar-refractivity contribution >= 4 is 17.2 Å². The summed E-state index contributed by atoms with van der Waals surface area (Å²) in [6.07, 6.45) is 3.01. The van der Waals surface area contributed by atoms with Gasteiger partial charge in [0, 0.05) is 12.5 Å². The molecule has 1 heterocycles. The molecule has 0 spiro atoms. The van der Waals surface area contributed by atoms with Crippen molar-refractivity contribution in [3.05, 3.63) is 90.5 Å². The van der Waals surface area contributed by atoms with E-state index in [1.54, 1.807) is 6.08 Å². The maximum absolute atomic E-state index is 9.60. The van der Waals surface area contributed by atoms with Crippen LogP contribution < -0.4 is 10.1 Å². The van der Waals surface area contributed by atoms with Crippen molar-refractivity contribution in [3.8, 4) is 5.75 Å². The van der Waals surface area contributed by atoms with Crippen LogP contribution in [0.3, 0.4) is 0 Å². The lowest BCUT2D eigenvalue weighted by Crippen LogP contribution is -2.40. The summed E-state index contributed by atoms with van der Waals surface area (Å²) in [5, 5.41) is 6.01. The van der Waals surface area contributed by atoms with Gasteiger partial charge in [-0.15, -0.1) is 0 Å². The summed E-state index contributed by atoms with van der Waals surface area (Å²) in [6, 6.07) is 23.4. The fraction of sp³-hybridized carbons (Fsp3) is 0.367. The normalized spacial score (nSPS) is 17.7. The minimum atomic E-state index is -0.318.